The van der Waals surface area contributed by atoms with Gasteiger partial charge in [-0.1, -0.05) is 11.6 Å². The van der Waals surface area contributed by atoms with E-state index in [1.54, 1.807) is 10.9 Å². The zero-order valence-electron chi connectivity index (χ0n) is 9.80. The number of nitrogens with zero attached hydrogens (tertiary/aromatic N) is 4. The number of hydrogen-bond acceptors (Lipinski definition) is 4. The highest BCUT2D eigenvalue weighted by Crippen LogP contribution is 2.02. The summed E-state index contributed by atoms with van der Waals surface area (Å²) < 4.78 is 1.77. The number of carbonyl (C=O) groups is 1. The van der Waals surface area contributed by atoms with Crippen molar-refractivity contribution in [3.63, 3.8) is 0 Å². The first-order valence-electron chi connectivity index (χ1n) is 5.41. The van der Waals surface area contributed by atoms with Crippen molar-refractivity contribution in [2.75, 3.05) is 6.54 Å². The number of carbonyl (C=O) groups excluding carboxylic acids is 1. The minimum Gasteiger partial charge on any atom is -0.350 e. The van der Waals surface area contributed by atoms with Gasteiger partial charge in [-0.25, -0.2) is 0 Å². The number of nitrogens with one attached hydrogen (secondary N) is 1. The fraction of sp³-hybridized carbons (Fsp3) is 0.273. The molecule has 0 saturated carbocycles. The number of hydrogen-bond donors (Lipinski definition) is 1. The molecule has 0 spiro atoms. The van der Waals surface area contributed by atoms with Crippen molar-refractivity contribution in [3.8, 4) is 0 Å². The van der Waals surface area contributed by atoms with Crippen LogP contribution in [-0.4, -0.2) is 32.4 Å². The fourth-order valence-electron chi connectivity index (χ4n) is 1.48. The van der Waals surface area contributed by atoms with Crippen molar-refractivity contribution in [1.82, 2.24) is 25.3 Å². The Bertz CT molecular complexity index is 537. The van der Waals surface area contributed by atoms with Crippen LogP contribution >= 0.6 is 11.6 Å². The lowest BCUT2D eigenvalue weighted by Gasteiger charge is -2.04. The molecule has 0 aliphatic rings. The van der Waals surface area contributed by atoms with E-state index in [1.165, 1.54) is 12.1 Å². The molecule has 94 valence electrons. The summed E-state index contributed by atoms with van der Waals surface area (Å²) in [6.07, 6.45) is 2.44. The van der Waals surface area contributed by atoms with Crippen molar-refractivity contribution < 1.29 is 4.79 Å². The molecule has 1 N–H and O–H groups in total. The average Bonchev–Trinajstić information content (AvgIpc) is 2.76. The molecule has 0 radical (unpaired) electrons. The summed E-state index contributed by atoms with van der Waals surface area (Å²) in [7, 11) is 1.86. The molecule has 0 saturated heterocycles. The SMILES string of the molecule is Cn1nccc1CCNC(=O)c1ccc(Cl)nn1. The summed E-state index contributed by atoms with van der Waals surface area (Å²) in [5, 5.41) is 14.4. The smallest absolute Gasteiger partial charge is 0.271 e. The Balaban J connectivity index is 1.85. The lowest BCUT2D eigenvalue weighted by atomic mass is 10.3. The van der Waals surface area contributed by atoms with Crippen LogP contribution in [0.4, 0.5) is 0 Å². The first kappa shape index (κ1) is 12.5. The van der Waals surface area contributed by atoms with Gasteiger partial charge in [0.15, 0.2) is 10.8 Å². The third-order valence-electron chi connectivity index (χ3n) is 2.45. The quantitative estimate of drug-likeness (QED) is 0.889. The second-order valence-electron chi connectivity index (χ2n) is 3.69. The van der Waals surface area contributed by atoms with Gasteiger partial charge in [-0.2, -0.15) is 5.10 Å². The van der Waals surface area contributed by atoms with Crippen molar-refractivity contribution >= 4 is 17.5 Å². The summed E-state index contributed by atoms with van der Waals surface area (Å²) in [4.78, 5) is 11.7. The zero-order chi connectivity index (χ0) is 13.0. The molecule has 0 atom stereocenters. The van der Waals surface area contributed by atoms with E-state index in [1.807, 2.05) is 13.1 Å². The molecule has 2 rings (SSSR count). The number of aryl methyl sites for hydroxylation is 1. The molecule has 0 fully saturated rings. The van der Waals surface area contributed by atoms with Gasteiger partial charge in [0.05, 0.1) is 0 Å². The van der Waals surface area contributed by atoms with Crippen LogP contribution in [0.2, 0.25) is 5.15 Å². The number of rotatable bonds is 4. The van der Waals surface area contributed by atoms with Crippen molar-refractivity contribution in [3.05, 3.63) is 40.9 Å². The van der Waals surface area contributed by atoms with Crippen LogP contribution < -0.4 is 5.32 Å². The summed E-state index contributed by atoms with van der Waals surface area (Å²) in [6, 6.07) is 4.98. The fourth-order valence-corrected chi connectivity index (χ4v) is 1.58. The lowest BCUT2D eigenvalue weighted by Crippen LogP contribution is -2.27. The molecule has 0 bridgehead atoms. The van der Waals surface area contributed by atoms with Gasteiger partial charge in [-0.15, -0.1) is 10.2 Å². The van der Waals surface area contributed by atoms with Crippen molar-refractivity contribution in [2.45, 2.75) is 6.42 Å². The van der Waals surface area contributed by atoms with Crippen LogP contribution in [0, 0.1) is 0 Å². The standard InChI is InChI=1S/C11H12ClN5O/c1-17-8(5-7-14-17)4-6-13-11(18)9-2-3-10(12)16-15-9/h2-3,5,7H,4,6H2,1H3,(H,13,18). The predicted octanol–water partition coefficient (Wildman–Crippen LogP) is 0.836. The van der Waals surface area contributed by atoms with E-state index in [2.05, 4.69) is 20.6 Å². The maximum Gasteiger partial charge on any atom is 0.271 e. The Morgan fingerprint density at radius 1 is 1.39 bits per heavy atom. The second-order valence-corrected chi connectivity index (χ2v) is 4.08. The van der Waals surface area contributed by atoms with Crippen molar-refractivity contribution in [2.24, 2.45) is 7.05 Å². The molecule has 7 heteroatoms. The molecule has 0 unspecified atom stereocenters. The zero-order valence-corrected chi connectivity index (χ0v) is 10.6. The van der Waals surface area contributed by atoms with Gasteiger partial charge in [0.1, 0.15) is 0 Å². The van der Waals surface area contributed by atoms with E-state index in [9.17, 15) is 4.79 Å². The van der Waals surface area contributed by atoms with Crippen molar-refractivity contribution in [1.29, 1.82) is 0 Å². The van der Waals surface area contributed by atoms with Crippen LogP contribution in [-0.2, 0) is 13.5 Å². The normalized spacial score (nSPS) is 10.3. The first-order valence-corrected chi connectivity index (χ1v) is 5.79. The molecule has 0 aliphatic heterocycles. The molecule has 2 aromatic rings. The minimum absolute atomic E-state index is 0.254. The monoisotopic (exact) mass is 265 g/mol. The molecule has 1 amide bonds. The van der Waals surface area contributed by atoms with Crippen LogP contribution in [0.25, 0.3) is 0 Å². The molecule has 6 nitrogen and oxygen atoms in total. The van der Waals surface area contributed by atoms with E-state index in [0.717, 1.165) is 5.69 Å². The highest BCUT2D eigenvalue weighted by atomic mass is 35.5. The predicted molar refractivity (Wildman–Crippen MR) is 66.3 cm³/mol. The first-order chi connectivity index (χ1) is 8.66. The third kappa shape index (κ3) is 3.04. The third-order valence-corrected chi connectivity index (χ3v) is 2.66. The summed E-state index contributed by atoms with van der Waals surface area (Å²) in [6.45, 7) is 0.517. The van der Waals surface area contributed by atoms with Gasteiger partial charge in [0, 0.05) is 31.9 Å². The van der Waals surface area contributed by atoms with Gasteiger partial charge in [0.25, 0.3) is 5.91 Å². The van der Waals surface area contributed by atoms with Gasteiger partial charge in [-0.3, -0.25) is 9.48 Å². The summed E-state index contributed by atoms with van der Waals surface area (Å²) in [5.74, 6) is -0.263. The van der Waals surface area contributed by atoms with Gasteiger partial charge in [-0.05, 0) is 18.2 Å². The highest BCUT2D eigenvalue weighted by Gasteiger charge is 2.07. The maximum absolute atomic E-state index is 11.7. The molecule has 18 heavy (non-hydrogen) atoms. The van der Waals surface area contributed by atoms with E-state index in [0.29, 0.717) is 13.0 Å². The largest absolute Gasteiger partial charge is 0.350 e. The van der Waals surface area contributed by atoms with Crippen LogP contribution in [0.15, 0.2) is 24.4 Å². The summed E-state index contributed by atoms with van der Waals surface area (Å²) >= 11 is 5.59. The van der Waals surface area contributed by atoms with Crippen LogP contribution in [0.5, 0.6) is 0 Å². The van der Waals surface area contributed by atoms with E-state index in [4.69, 9.17) is 11.6 Å². The average molecular weight is 266 g/mol. The number of amides is 1. The van der Waals surface area contributed by atoms with Crippen LogP contribution in [0.1, 0.15) is 16.2 Å². The molecule has 2 heterocycles. The number of aromatic nitrogens is 4. The molecule has 0 aliphatic carbocycles. The Morgan fingerprint density at radius 2 is 2.22 bits per heavy atom. The lowest BCUT2D eigenvalue weighted by molar-refractivity contribution is 0.0948. The van der Waals surface area contributed by atoms with E-state index in [-0.39, 0.29) is 16.8 Å². The summed E-state index contributed by atoms with van der Waals surface area (Å²) in [5.41, 5.74) is 1.31. The topological polar surface area (TPSA) is 72.7 Å². The molecular weight excluding hydrogens is 254 g/mol. The van der Waals surface area contributed by atoms with Gasteiger partial charge < -0.3 is 5.32 Å². The van der Waals surface area contributed by atoms with E-state index < -0.39 is 0 Å². The minimum atomic E-state index is -0.263. The number of halogens is 1. The van der Waals surface area contributed by atoms with Crippen LogP contribution in [0.3, 0.4) is 0 Å². The molecular formula is C11H12ClN5O. The Hall–Kier alpha value is -1.95. The molecule has 2 aromatic heterocycles. The Kier molecular flexibility index (Phi) is 3.88. The molecule has 0 aromatic carbocycles. The van der Waals surface area contributed by atoms with Gasteiger partial charge >= 0.3 is 0 Å². The Labute approximate surface area is 109 Å². The second kappa shape index (κ2) is 5.59. The van der Waals surface area contributed by atoms with E-state index >= 15 is 0 Å². The van der Waals surface area contributed by atoms with Gasteiger partial charge in [0.2, 0.25) is 0 Å². The Morgan fingerprint density at radius 3 is 2.83 bits per heavy atom. The highest BCUT2D eigenvalue weighted by molar-refractivity contribution is 6.29. The maximum atomic E-state index is 11.7.